The van der Waals surface area contributed by atoms with Crippen LogP contribution in [-0.4, -0.2) is 20.5 Å². The van der Waals surface area contributed by atoms with Crippen LogP contribution in [0.4, 0.5) is 0 Å². The molecule has 106 valence electrons. The fraction of sp³-hybridized carbons (Fsp3) is 0.571. The quantitative estimate of drug-likeness (QED) is 0.838. The lowest BCUT2D eigenvalue weighted by Gasteiger charge is -2.14. The lowest BCUT2D eigenvalue weighted by atomic mass is 10.1. The van der Waals surface area contributed by atoms with Crippen molar-refractivity contribution in [1.29, 1.82) is 0 Å². The summed E-state index contributed by atoms with van der Waals surface area (Å²) < 4.78 is 27.3. The Labute approximate surface area is 115 Å². The molecule has 0 bridgehead atoms. The number of sulfonamides is 1. The van der Waals surface area contributed by atoms with Crippen LogP contribution in [0.15, 0.2) is 23.1 Å². The Morgan fingerprint density at radius 3 is 2.58 bits per heavy atom. The molecule has 0 aromatic heterocycles. The summed E-state index contributed by atoms with van der Waals surface area (Å²) in [6.45, 7) is 6.71. The predicted octanol–water partition coefficient (Wildman–Crippen LogP) is 1.93. The Morgan fingerprint density at radius 2 is 2.00 bits per heavy atom. The average Bonchev–Trinajstić information content (AvgIpc) is 3.10. The SMILES string of the molecule is Cc1c(CNC(C)C)cccc1S(=O)(=O)NC1CC1. The van der Waals surface area contributed by atoms with Gasteiger partial charge in [-0.2, -0.15) is 0 Å². The fourth-order valence-corrected chi connectivity index (χ4v) is 3.53. The van der Waals surface area contributed by atoms with E-state index in [2.05, 4.69) is 23.9 Å². The van der Waals surface area contributed by atoms with E-state index in [1.165, 1.54) is 0 Å². The van der Waals surface area contributed by atoms with Gasteiger partial charge in [0, 0.05) is 18.6 Å². The molecular weight excluding hydrogens is 260 g/mol. The summed E-state index contributed by atoms with van der Waals surface area (Å²) in [4.78, 5) is 0.405. The Kier molecular flexibility index (Phi) is 4.28. The molecule has 0 amide bonds. The number of hydrogen-bond donors (Lipinski definition) is 2. The largest absolute Gasteiger partial charge is 0.310 e. The van der Waals surface area contributed by atoms with E-state index in [1.54, 1.807) is 6.07 Å². The number of benzene rings is 1. The maximum Gasteiger partial charge on any atom is 0.241 e. The van der Waals surface area contributed by atoms with Crippen LogP contribution in [0, 0.1) is 6.92 Å². The van der Waals surface area contributed by atoms with Crippen LogP contribution >= 0.6 is 0 Å². The summed E-state index contributed by atoms with van der Waals surface area (Å²) >= 11 is 0. The monoisotopic (exact) mass is 282 g/mol. The second kappa shape index (κ2) is 5.61. The molecule has 0 saturated heterocycles. The summed E-state index contributed by atoms with van der Waals surface area (Å²) in [7, 11) is -3.37. The van der Waals surface area contributed by atoms with Crippen LogP contribution in [0.1, 0.15) is 37.8 Å². The first-order valence-electron chi connectivity index (χ1n) is 6.74. The van der Waals surface area contributed by atoms with Crippen molar-refractivity contribution in [2.45, 2.75) is 57.1 Å². The van der Waals surface area contributed by atoms with Gasteiger partial charge in [-0.05, 0) is 37.0 Å². The van der Waals surface area contributed by atoms with Gasteiger partial charge in [0.05, 0.1) is 4.90 Å². The number of rotatable bonds is 6. The number of hydrogen-bond acceptors (Lipinski definition) is 3. The lowest BCUT2D eigenvalue weighted by Crippen LogP contribution is -2.27. The van der Waals surface area contributed by atoms with Gasteiger partial charge in [-0.1, -0.05) is 26.0 Å². The smallest absolute Gasteiger partial charge is 0.241 e. The van der Waals surface area contributed by atoms with E-state index in [-0.39, 0.29) is 6.04 Å². The van der Waals surface area contributed by atoms with E-state index in [4.69, 9.17) is 0 Å². The molecule has 1 aliphatic carbocycles. The van der Waals surface area contributed by atoms with Gasteiger partial charge < -0.3 is 5.32 Å². The van der Waals surface area contributed by atoms with E-state index in [0.29, 0.717) is 17.5 Å². The molecule has 4 nitrogen and oxygen atoms in total. The van der Waals surface area contributed by atoms with Crippen molar-refractivity contribution in [3.63, 3.8) is 0 Å². The molecule has 1 fully saturated rings. The van der Waals surface area contributed by atoms with Crippen molar-refractivity contribution in [2.24, 2.45) is 0 Å². The van der Waals surface area contributed by atoms with Crippen molar-refractivity contribution in [2.75, 3.05) is 0 Å². The highest BCUT2D eigenvalue weighted by Crippen LogP contribution is 2.24. The minimum absolute atomic E-state index is 0.141. The maximum atomic E-state index is 12.3. The molecular formula is C14H22N2O2S. The molecule has 0 spiro atoms. The molecule has 1 aromatic carbocycles. The Balaban J connectivity index is 2.23. The van der Waals surface area contributed by atoms with Crippen LogP contribution in [-0.2, 0) is 16.6 Å². The van der Waals surface area contributed by atoms with Crippen molar-refractivity contribution < 1.29 is 8.42 Å². The van der Waals surface area contributed by atoms with Gasteiger partial charge in [-0.15, -0.1) is 0 Å². The highest BCUT2D eigenvalue weighted by atomic mass is 32.2. The third-order valence-corrected chi connectivity index (χ3v) is 4.95. The minimum Gasteiger partial charge on any atom is -0.310 e. The van der Waals surface area contributed by atoms with Gasteiger partial charge in [-0.25, -0.2) is 13.1 Å². The molecule has 19 heavy (non-hydrogen) atoms. The summed E-state index contributed by atoms with van der Waals surface area (Å²) in [6.07, 6.45) is 1.90. The van der Waals surface area contributed by atoms with Crippen molar-refractivity contribution >= 4 is 10.0 Å². The Bertz CT molecular complexity index is 549. The van der Waals surface area contributed by atoms with E-state index in [0.717, 1.165) is 24.0 Å². The zero-order valence-electron chi connectivity index (χ0n) is 11.7. The maximum absolute atomic E-state index is 12.3. The first-order valence-corrected chi connectivity index (χ1v) is 8.22. The first kappa shape index (κ1) is 14.5. The molecule has 1 saturated carbocycles. The van der Waals surface area contributed by atoms with E-state index in [1.807, 2.05) is 19.1 Å². The van der Waals surface area contributed by atoms with Crippen LogP contribution < -0.4 is 10.0 Å². The molecule has 0 radical (unpaired) electrons. The molecule has 5 heteroatoms. The molecule has 0 heterocycles. The highest BCUT2D eigenvalue weighted by molar-refractivity contribution is 7.89. The normalized spacial score (nSPS) is 16.0. The van der Waals surface area contributed by atoms with Gasteiger partial charge in [0.2, 0.25) is 10.0 Å². The molecule has 1 aliphatic rings. The summed E-state index contributed by atoms with van der Waals surface area (Å²) in [5, 5.41) is 3.32. The second-order valence-electron chi connectivity index (χ2n) is 5.47. The van der Waals surface area contributed by atoms with Crippen molar-refractivity contribution in [3.05, 3.63) is 29.3 Å². The van der Waals surface area contributed by atoms with Crippen LogP contribution in [0.3, 0.4) is 0 Å². The molecule has 2 N–H and O–H groups in total. The van der Waals surface area contributed by atoms with Gasteiger partial charge >= 0.3 is 0 Å². The zero-order valence-corrected chi connectivity index (χ0v) is 12.5. The predicted molar refractivity (Wildman–Crippen MR) is 76.5 cm³/mol. The third-order valence-electron chi connectivity index (χ3n) is 3.29. The summed E-state index contributed by atoms with van der Waals surface area (Å²) in [5.41, 5.74) is 1.87. The van der Waals surface area contributed by atoms with Crippen LogP contribution in [0.5, 0.6) is 0 Å². The molecule has 0 aliphatic heterocycles. The second-order valence-corrected chi connectivity index (χ2v) is 7.15. The van der Waals surface area contributed by atoms with E-state index in [9.17, 15) is 8.42 Å². The molecule has 0 atom stereocenters. The molecule has 0 unspecified atom stereocenters. The van der Waals surface area contributed by atoms with E-state index >= 15 is 0 Å². The standard InChI is InChI=1S/C14H22N2O2S/c1-10(2)15-9-12-5-4-6-14(11(12)3)19(17,18)16-13-7-8-13/h4-6,10,13,15-16H,7-9H2,1-3H3. The van der Waals surface area contributed by atoms with Crippen LogP contribution in [0.25, 0.3) is 0 Å². The van der Waals surface area contributed by atoms with Gasteiger partial charge in [0.15, 0.2) is 0 Å². The third kappa shape index (κ3) is 3.78. The van der Waals surface area contributed by atoms with Crippen LogP contribution in [0.2, 0.25) is 0 Å². The Hall–Kier alpha value is -0.910. The average molecular weight is 282 g/mol. The summed E-state index contributed by atoms with van der Waals surface area (Å²) in [6, 6.07) is 5.98. The lowest BCUT2D eigenvalue weighted by molar-refractivity contribution is 0.577. The fourth-order valence-electron chi connectivity index (χ4n) is 1.94. The Morgan fingerprint density at radius 1 is 1.32 bits per heavy atom. The molecule has 1 aromatic rings. The van der Waals surface area contributed by atoms with Gasteiger partial charge in [-0.3, -0.25) is 0 Å². The van der Waals surface area contributed by atoms with Crippen molar-refractivity contribution in [3.8, 4) is 0 Å². The van der Waals surface area contributed by atoms with Gasteiger partial charge in [0.1, 0.15) is 0 Å². The van der Waals surface area contributed by atoms with Gasteiger partial charge in [0.25, 0.3) is 0 Å². The zero-order chi connectivity index (χ0) is 14.0. The first-order chi connectivity index (χ1) is 8.90. The topological polar surface area (TPSA) is 58.2 Å². The molecule has 2 rings (SSSR count). The summed E-state index contributed by atoms with van der Waals surface area (Å²) in [5.74, 6) is 0. The number of nitrogens with one attached hydrogen (secondary N) is 2. The van der Waals surface area contributed by atoms with E-state index < -0.39 is 10.0 Å². The highest BCUT2D eigenvalue weighted by Gasteiger charge is 2.29. The minimum atomic E-state index is -3.37. The van der Waals surface area contributed by atoms with Crippen molar-refractivity contribution in [1.82, 2.24) is 10.0 Å².